The summed E-state index contributed by atoms with van der Waals surface area (Å²) in [5.74, 6) is 0.352. The first-order chi connectivity index (χ1) is 10.1. The van der Waals surface area contributed by atoms with Crippen molar-refractivity contribution in [3.05, 3.63) is 58.6 Å². The number of oxazole rings is 1. The van der Waals surface area contributed by atoms with Crippen molar-refractivity contribution in [2.75, 3.05) is 12.3 Å². The topological polar surface area (TPSA) is 70.4 Å². The number of hydrogen-bond donors (Lipinski definition) is 1. The molecule has 21 heavy (non-hydrogen) atoms. The zero-order chi connectivity index (χ0) is 14.8. The summed E-state index contributed by atoms with van der Waals surface area (Å²) < 4.78 is 12.3. The van der Waals surface area contributed by atoms with E-state index in [0.29, 0.717) is 29.9 Å². The Hall–Kier alpha value is -2.69. The van der Waals surface area contributed by atoms with E-state index in [1.165, 1.54) is 10.1 Å². The second-order valence-corrected chi connectivity index (χ2v) is 4.88. The van der Waals surface area contributed by atoms with Crippen LogP contribution in [0.25, 0.3) is 11.1 Å². The van der Waals surface area contributed by atoms with Gasteiger partial charge in [0.05, 0.1) is 12.2 Å². The van der Waals surface area contributed by atoms with E-state index in [1.807, 2.05) is 31.2 Å². The molecule has 1 heterocycles. The minimum absolute atomic E-state index is 0.367. The third-order valence-electron chi connectivity index (χ3n) is 3.32. The van der Waals surface area contributed by atoms with Gasteiger partial charge in [-0.15, -0.1) is 0 Å². The number of anilines is 1. The van der Waals surface area contributed by atoms with Crippen molar-refractivity contribution in [3.63, 3.8) is 0 Å². The van der Waals surface area contributed by atoms with Crippen molar-refractivity contribution in [2.45, 2.75) is 13.5 Å². The van der Waals surface area contributed by atoms with Crippen molar-refractivity contribution in [1.82, 2.24) is 4.57 Å². The van der Waals surface area contributed by atoms with Gasteiger partial charge in [-0.25, -0.2) is 4.79 Å². The Labute approximate surface area is 121 Å². The van der Waals surface area contributed by atoms with Gasteiger partial charge in [-0.3, -0.25) is 4.57 Å². The van der Waals surface area contributed by atoms with Gasteiger partial charge in [-0.2, -0.15) is 0 Å². The predicted octanol–water partition coefficient (Wildman–Crippen LogP) is 2.56. The van der Waals surface area contributed by atoms with E-state index in [2.05, 4.69) is 0 Å². The normalized spacial score (nSPS) is 10.9. The molecule has 1 aromatic heterocycles. The molecule has 3 aromatic rings. The van der Waals surface area contributed by atoms with Gasteiger partial charge >= 0.3 is 5.76 Å². The monoisotopic (exact) mass is 284 g/mol. The number of fused-ring (bicyclic) bond motifs is 1. The SMILES string of the molecule is Cc1ccc(OCCn2c(=O)oc3cccc(N)c32)cc1. The number of aryl methyl sites for hydroxylation is 1. The highest BCUT2D eigenvalue weighted by Gasteiger charge is 2.11. The van der Waals surface area contributed by atoms with Crippen LogP contribution in [0.15, 0.2) is 51.7 Å². The Balaban J connectivity index is 1.78. The number of para-hydroxylation sites is 1. The highest BCUT2D eigenvalue weighted by Crippen LogP contribution is 2.19. The fraction of sp³-hybridized carbons (Fsp3) is 0.188. The number of nitrogen functional groups attached to an aromatic ring is 1. The maximum absolute atomic E-state index is 11.9. The number of hydrogen-bond acceptors (Lipinski definition) is 4. The summed E-state index contributed by atoms with van der Waals surface area (Å²) >= 11 is 0. The summed E-state index contributed by atoms with van der Waals surface area (Å²) in [6.07, 6.45) is 0. The van der Waals surface area contributed by atoms with E-state index in [4.69, 9.17) is 14.9 Å². The number of ether oxygens (including phenoxy) is 1. The molecule has 5 heteroatoms. The Morgan fingerprint density at radius 3 is 2.71 bits per heavy atom. The molecular weight excluding hydrogens is 268 g/mol. The van der Waals surface area contributed by atoms with E-state index in [1.54, 1.807) is 18.2 Å². The van der Waals surface area contributed by atoms with Crippen molar-refractivity contribution in [2.24, 2.45) is 0 Å². The van der Waals surface area contributed by atoms with Gasteiger partial charge < -0.3 is 14.9 Å². The lowest BCUT2D eigenvalue weighted by molar-refractivity contribution is 0.294. The molecule has 0 aliphatic rings. The van der Waals surface area contributed by atoms with Crippen LogP contribution >= 0.6 is 0 Å². The second kappa shape index (κ2) is 5.36. The molecule has 0 unspecified atom stereocenters. The van der Waals surface area contributed by atoms with Gasteiger partial charge in [-0.1, -0.05) is 23.8 Å². The fourth-order valence-electron chi connectivity index (χ4n) is 2.24. The first kappa shape index (κ1) is 13.3. The molecule has 0 saturated carbocycles. The van der Waals surface area contributed by atoms with Crippen molar-refractivity contribution in [3.8, 4) is 5.75 Å². The molecular formula is C16H16N2O3. The number of aromatic nitrogens is 1. The third kappa shape index (κ3) is 2.63. The van der Waals surface area contributed by atoms with Gasteiger partial charge in [0.1, 0.15) is 17.9 Å². The number of nitrogens with two attached hydrogens (primary N) is 1. The molecule has 0 radical (unpaired) electrons. The summed E-state index contributed by atoms with van der Waals surface area (Å²) in [7, 11) is 0. The molecule has 0 atom stereocenters. The van der Waals surface area contributed by atoms with E-state index < -0.39 is 5.76 Å². The lowest BCUT2D eigenvalue weighted by Gasteiger charge is -2.07. The first-order valence-corrected chi connectivity index (χ1v) is 6.72. The molecule has 0 fully saturated rings. The standard InChI is InChI=1S/C16H16N2O3/c1-11-5-7-12(8-6-11)20-10-9-18-15-13(17)3-2-4-14(15)21-16(18)19/h2-8H,9-10,17H2,1H3. The number of rotatable bonds is 4. The Morgan fingerprint density at radius 2 is 1.95 bits per heavy atom. The van der Waals surface area contributed by atoms with Gasteiger partial charge in [0.25, 0.3) is 0 Å². The average Bonchev–Trinajstić information content (AvgIpc) is 2.79. The zero-order valence-electron chi connectivity index (χ0n) is 11.7. The van der Waals surface area contributed by atoms with Crippen molar-refractivity contribution >= 4 is 16.8 Å². The molecule has 3 rings (SSSR count). The van der Waals surface area contributed by atoms with E-state index >= 15 is 0 Å². The largest absolute Gasteiger partial charge is 0.492 e. The van der Waals surface area contributed by atoms with Gasteiger partial charge in [0.15, 0.2) is 5.58 Å². The summed E-state index contributed by atoms with van der Waals surface area (Å²) in [5, 5.41) is 0. The summed E-state index contributed by atoms with van der Waals surface area (Å²) in [5.41, 5.74) is 8.72. The minimum Gasteiger partial charge on any atom is -0.492 e. The molecule has 0 bridgehead atoms. The van der Waals surface area contributed by atoms with E-state index in [0.717, 1.165) is 5.75 Å². The fourth-order valence-corrected chi connectivity index (χ4v) is 2.24. The Kier molecular flexibility index (Phi) is 3.39. The van der Waals surface area contributed by atoms with Crippen LogP contribution in [0.2, 0.25) is 0 Å². The van der Waals surface area contributed by atoms with Gasteiger partial charge in [0.2, 0.25) is 0 Å². The van der Waals surface area contributed by atoms with Crippen LogP contribution < -0.4 is 16.2 Å². The Morgan fingerprint density at radius 1 is 1.19 bits per heavy atom. The van der Waals surface area contributed by atoms with Crippen LogP contribution in [0.3, 0.4) is 0 Å². The second-order valence-electron chi connectivity index (χ2n) is 4.88. The highest BCUT2D eigenvalue weighted by molar-refractivity contribution is 5.85. The summed E-state index contributed by atoms with van der Waals surface area (Å²) in [4.78, 5) is 11.9. The molecule has 5 nitrogen and oxygen atoms in total. The maximum Gasteiger partial charge on any atom is 0.420 e. The highest BCUT2D eigenvalue weighted by atomic mass is 16.5. The molecule has 0 saturated heterocycles. The molecule has 108 valence electrons. The first-order valence-electron chi connectivity index (χ1n) is 6.72. The van der Waals surface area contributed by atoms with Crippen molar-refractivity contribution in [1.29, 1.82) is 0 Å². The lowest BCUT2D eigenvalue weighted by Crippen LogP contribution is -2.19. The smallest absolute Gasteiger partial charge is 0.420 e. The third-order valence-corrected chi connectivity index (χ3v) is 3.32. The minimum atomic E-state index is -0.421. The Bertz CT molecular complexity index is 816. The molecule has 2 N–H and O–H groups in total. The molecule has 0 aliphatic heterocycles. The average molecular weight is 284 g/mol. The van der Waals surface area contributed by atoms with Crippen LogP contribution in [0.4, 0.5) is 5.69 Å². The van der Waals surface area contributed by atoms with Crippen LogP contribution in [-0.4, -0.2) is 11.2 Å². The van der Waals surface area contributed by atoms with Crippen LogP contribution in [0.1, 0.15) is 5.56 Å². The van der Waals surface area contributed by atoms with E-state index in [-0.39, 0.29) is 0 Å². The predicted molar refractivity (Wildman–Crippen MR) is 81.6 cm³/mol. The number of nitrogens with zero attached hydrogens (tertiary/aromatic N) is 1. The van der Waals surface area contributed by atoms with Gasteiger partial charge in [-0.05, 0) is 31.2 Å². The molecule has 0 aliphatic carbocycles. The van der Waals surface area contributed by atoms with Crippen LogP contribution in [-0.2, 0) is 6.54 Å². The lowest BCUT2D eigenvalue weighted by atomic mass is 10.2. The summed E-state index contributed by atoms with van der Waals surface area (Å²) in [6, 6.07) is 13.0. The molecule has 0 spiro atoms. The molecule has 2 aromatic carbocycles. The maximum atomic E-state index is 11.9. The van der Waals surface area contributed by atoms with Crippen molar-refractivity contribution < 1.29 is 9.15 Å². The number of benzene rings is 2. The van der Waals surface area contributed by atoms with Gasteiger partial charge in [0, 0.05) is 0 Å². The molecule has 0 amide bonds. The van der Waals surface area contributed by atoms with Crippen LogP contribution in [0.5, 0.6) is 5.75 Å². The van der Waals surface area contributed by atoms with Crippen LogP contribution in [0, 0.1) is 6.92 Å². The van der Waals surface area contributed by atoms with E-state index in [9.17, 15) is 4.79 Å². The quantitative estimate of drug-likeness (QED) is 0.747. The zero-order valence-corrected chi connectivity index (χ0v) is 11.7. The summed E-state index contributed by atoms with van der Waals surface area (Å²) in [6.45, 7) is 2.77.